The van der Waals surface area contributed by atoms with Crippen LogP contribution in [0, 0.1) is 0 Å². The lowest BCUT2D eigenvalue weighted by Gasteiger charge is -2.35. The Balaban J connectivity index is 0.845. The normalized spacial score (nSPS) is 16.7. The molecule has 12 aromatic rings. The third-order valence-corrected chi connectivity index (χ3v) is 27.5. The molecule has 0 amide bonds. The number of para-hydroxylation sites is 6. The van der Waals surface area contributed by atoms with Crippen molar-refractivity contribution in [3.05, 3.63) is 325 Å². The first-order chi connectivity index (χ1) is 53.2. The van der Waals surface area contributed by atoms with Crippen molar-refractivity contribution in [1.82, 2.24) is 0 Å². The Labute approximate surface area is 625 Å². The molecule has 540 valence electrons. The van der Waals surface area contributed by atoms with Gasteiger partial charge in [-0.25, -0.2) is 0 Å². The lowest BCUT2D eigenvalue weighted by molar-refractivity contribution is 0.288. The Bertz CT molecular complexity index is 4640. The summed E-state index contributed by atoms with van der Waals surface area (Å²) in [5, 5.41) is 0. The van der Waals surface area contributed by atoms with Crippen LogP contribution < -0.4 is 85.0 Å². The van der Waals surface area contributed by atoms with Crippen LogP contribution >= 0.6 is 23.0 Å². The molecule has 0 bridgehead atoms. The molecule has 0 aliphatic carbocycles. The second-order valence-corrected chi connectivity index (χ2v) is 32.9. The van der Waals surface area contributed by atoms with E-state index in [9.17, 15) is 0 Å². The average molecular weight is 1490 g/mol. The van der Waals surface area contributed by atoms with Crippen LogP contribution in [-0.2, 0) is 39.3 Å². The van der Waals surface area contributed by atoms with Crippen LogP contribution in [0.4, 0.5) is 34.1 Å². The molecule has 0 unspecified atom stereocenters. The summed E-state index contributed by atoms with van der Waals surface area (Å²) in [7, 11) is -13.9. The van der Waals surface area contributed by atoms with Gasteiger partial charge in [0.1, 0.15) is 69.0 Å². The zero-order chi connectivity index (χ0) is 71.9. The van der Waals surface area contributed by atoms with Crippen LogP contribution in [0.3, 0.4) is 0 Å². The summed E-state index contributed by atoms with van der Waals surface area (Å²) < 4.78 is 103. The average Bonchev–Trinajstić information content (AvgIpc) is 0.724. The van der Waals surface area contributed by atoms with Gasteiger partial charge in [0.25, 0.3) is 0 Å². The van der Waals surface area contributed by atoms with Crippen LogP contribution in [-0.4, -0.2) is 40.4 Å². The summed E-state index contributed by atoms with van der Waals surface area (Å²) in [5.74, 6) is 6.11. The van der Waals surface area contributed by atoms with E-state index < -0.39 is 23.0 Å². The van der Waals surface area contributed by atoms with E-state index in [1.807, 2.05) is 218 Å². The molecule has 7 aliphatic rings. The fraction of sp³-hybridized carbons (Fsp3) is 0.143. The summed E-state index contributed by atoms with van der Waals surface area (Å²) in [6.45, 7) is 4.81. The number of nitrogens with zero attached hydrogens (tertiary/aromatic N) is 9. The van der Waals surface area contributed by atoms with Gasteiger partial charge in [0, 0.05) is 107 Å². The fourth-order valence-electron chi connectivity index (χ4n) is 14.1. The molecule has 19 rings (SSSR count). The molecule has 24 heteroatoms. The molecule has 0 fully saturated rings. The first-order valence-corrected chi connectivity index (χ1v) is 40.2. The summed E-state index contributed by atoms with van der Waals surface area (Å²) in [6.07, 6.45) is 0. The summed E-state index contributed by atoms with van der Waals surface area (Å²) in [6, 6.07) is 95.1. The third-order valence-electron chi connectivity index (χ3n) is 19.4. The van der Waals surface area contributed by atoms with Gasteiger partial charge in [-0.2, -0.15) is 0 Å². The van der Waals surface area contributed by atoms with Crippen LogP contribution in [0.2, 0.25) is 0 Å². The number of anilines is 6. The predicted molar refractivity (Wildman–Crippen MR) is 419 cm³/mol. The van der Waals surface area contributed by atoms with Gasteiger partial charge in [-0.3, -0.25) is 0 Å². The van der Waals surface area contributed by atoms with E-state index >= 15 is 0 Å². The topological polar surface area (TPSA) is 167 Å². The highest BCUT2D eigenvalue weighted by Gasteiger charge is 2.50. The quantitative estimate of drug-likeness (QED) is 0.0743. The van der Waals surface area contributed by atoms with Gasteiger partial charge in [-0.1, -0.05) is 123 Å². The third kappa shape index (κ3) is 14.0. The number of hydrogen-bond donors (Lipinski definition) is 0. The number of rotatable bonds is 18. The van der Waals surface area contributed by atoms with Crippen molar-refractivity contribution in [3.8, 4) is 69.0 Å². The van der Waals surface area contributed by atoms with E-state index in [-0.39, 0.29) is 0 Å². The molecule has 0 aromatic heterocycles. The van der Waals surface area contributed by atoms with Crippen LogP contribution in [0.15, 0.2) is 305 Å². The van der Waals surface area contributed by atoms with E-state index in [1.54, 1.807) is 0 Å². The van der Waals surface area contributed by atoms with Crippen molar-refractivity contribution in [2.24, 2.45) is 13.5 Å². The molecule has 21 nitrogen and oxygen atoms in total. The fourth-order valence-corrected chi connectivity index (χ4v) is 23.1. The zero-order valence-corrected chi connectivity index (χ0v) is 61.1. The minimum absolute atomic E-state index is 0.326. The van der Waals surface area contributed by atoms with Crippen molar-refractivity contribution in [3.63, 3.8) is 0 Å². The van der Waals surface area contributed by atoms with Crippen LogP contribution in [0.1, 0.15) is 33.4 Å². The minimum atomic E-state index is -4.62. The molecule has 7 aliphatic heterocycles. The van der Waals surface area contributed by atoms with Crippen molar-refractivity contribution in [2.45, 2.75) is 39.3 Å². The maximum Gasteiger partial charge on any atom is 0.460 e. The molecule has 0 radical (unpaired) electrons. The lowest BCUT2D eigenvalue weighted by Crippen LogP contribution is -2.31. The molecule has 108 heavy (non-hydrogen) atoms. The van der Waals surface area contributed by atoms with Crippen LogP contribution in [0.25, 0.3) is 0 Å². The Morgan fingerprint density at radius 2 is 0.361 bits per heavy atom. The Morgan fingerprint density at radius 1 is 0.204 bits per heavy atom. The first kappa shape index (κ1) is 66.4. The smallest absolute Gasteiger partial charge is 0.460 e. The van der Waals surface area contributed by atoms with Gasteiger partial charge in [0.15, 0.2) is 40.4 Å². The largest absolute Gasteiger partial charge is 0.473 e. The molecular formula is C84H72N9O12P3. The summed E-state index contributed by atoms with van der Waals surface area (Å²) in [4.78, 5) is 12.9. The number of hydrogen-bond acceptors (Lipinski definition) is 21. The monoisotopic (exact) mass is 1490 g/mol. The van der Waals surface area contributed by atoms with Gasteiger partial charge in [-0.05, 0) is 182 Å². The Kier molecular flexibility index (Phi) is 17.6. The summed E-state index contributed by atoms with van der Waals surface area (Å²) in [5.41, 5.74) is 10.9. The highest BCUT2D eigenvalue weighted by molar-refractivity contribution is 7.79. The molecule has 7 heterocycles. The van der Waals surface area contributed by atoms with Crippen LogP contribution in [0.5, 0.6) is 69.0 Å². The molecule has 0 N–H and O–H groups in total. The molecule has 0 spiro atoms. The highest BCUT2D eigenvalue weighted by atomic mass is 31.3. The van der Waals surface area contributed by atoms with Crippen molar-refractivity contribution in [2.75, 3.05) is 69.8 Å². The highest BCUT2D eigenvalue weighted by Crippen LogP contribution is 2.79. The lowest BCUT2D eigenvalue weighted by atomic mass is 10.1. The van der Waals surface area contributed by atoms with E-state index in [0.29, 0.717) is 149 Å². The first-order valence-electron chi connectivity index (χ1n) is 35.6. The van der Waals surface area contributed by atoms with E-state index in [1.165, 1.54) is 0 Å². The van der Waals surface area contributed by atoms with E-state index in [2.05, 4.69) is 102 Å². The van der Waals surface area contributed by atoms with Gasteiger partial charge in [-0.15, -0.1) is 0 Å². The molecule has 0 saturated carbocycles. The van der Waals surface area contributed by atoms with E-state index in [0.717, 1.165) is 67.5 Å². The minimum Gasteiger partial charge on any atom is -0.473 e. The van der Waals surface area contributed by atoms with Crippen molar-refractivity contribution < 1.29 is 55.6 Å². The maximum absolute atomic E-state index is 7.77. The maximum atomic E-state index is 7.77. The van der Waals surface area contributed by atoms with Crippen molar-refractivity contribution >= 4 is 57.1 Å². The Morgan fingerprint density at radius 3 is 0.519 bits per heavy atom. The van der Waals surface area contributed by atoms with Gasteiger partial charge < -0.3 is 85.0 Å². The van der Waals surface area contributed by atoms with E-state index in [4.69, 9.17) is 69.1 Å². The number of benzene rings is 12. The molecule has 12 aromatic carbocycles. The Hall–Kier alpha value is -12.3. The second-order valence-electron chi connectivity index (χ2n) is 26.7. The van der Waals surface area contributed by atoms with Crippen molar-refractivity contribution in [1.29, 1.82) is 0 Å². The van der Waals surface area contributed by atoms with Gasteiger partial charge in [0.05, 0.1) is 0 Å². The zero-order valence-electron chi connectivity index (χ0n) is 58.5. The SMILES string of the molecule is c1ccc(N2COc3ccc(OP4(Oc5ccc6c(c5)CN(c5ccccc5)CO6)=NP(Oc5ccc6c(c5)CN(c5ccccc5)CO6)(Oc5ccc6c(c5)CN(c5ccccc5)CO6)=NP(Oc5ccc6c(c5)CN(c5ccccc5)CO6)(Oc5ccc6c(c5)CN(c5ccccc5)CO6)=N4)cc3C2)cc1. The molecule has 0 atom stereocenters. The second kappa shape index (κ2) is 28.6. The number of fused-ring (bicyclic) bond motifs is 6. The van der Waals surface area contributed by atoms with Gasteiger partial charge >= 0.3 is 23.0 Å². The molecular weight excluding hydrogens is 1420 g/mol. The number of ether oxygens (including phenoxy) is 6. The summed E-state index contributed by atoms with van der Waals surface area (Å²) >= 11 is 0. The molecule has 0 saturated heterocycles. The predicted octanol–water partition coefficient (Wildman–Crippen LogP) is 20.5. The van der Waals surface area contributed by atoms with Gasteiger partial charge in [0.2, 0.25) is 0 Å². The standard InChI is InChI=1S/C84H72N9O12P3/c1-7-19-67(20-8-1)88-49-61-43-73(31-37-79(61)94-55-88)100-106(101-74-32-38-80-62(44-74)50-89(56-95-80)68-21-9-2-10-22-68)85-107(102-75-33-39-81-63(45-75)51-90(57-96-81)69-23-11-3-12-24-69,103-76-34-40-82-64(46-76)52-91(58-97-82)70-25-13-4-14-26-70)87-108(86-106,104-77-35-41-83-65(47-77)53-92(59-98-83)71-27-15-5-16-28-71)105-78-36-42-84-66(48-78)54-93(60-99-84)72-29-17-6-18-30-72/h1-48H,49-60H2.